The third-order valence-electron chi connectivity index (χ3n) is 2.69. The minimum Gasteiger partial charge on any atom is -0.439 e. The van der Waals surface area contributed by atoms with Crippen LogP contribution in [0, 0.1) is 13.8 Å². The van der Waals surface area contributed by atoms with Crippen molar-refractivity contribution in [2.24, 2.45) is 0 Å². The first-order chi connectivity index (χ1) is 8.60. The SMILES string of the molecule is Cc1cc(Oc2ccc(CO)c(C)n2)ccc1Br. The first-order valence-corrected chi connectivity index (χ1v) is 6.41. The molecule has 0 atom stereocenters. The van der Waals surface area contributed by atoms with Gasteiger partial charge in [0.05, 0.1) is 6.61 Å². The largest absolute Gasteiger partial charge is 0.439 e. The molecule has 0 radical (unpaired) electrons. The minimum atomic E-state index is -0.00347. The molecular formula is C14H14BrNO2. The molecular weight excluding hydrogens is 294 g/mol. The van der Waals surface area contributed by atoms with Crippen LogP contribution in [0.15, 0.2) is 34.8 Å². The van der Waals surface area contributed by atoms with Crippen molar-refractivity contribution >= 4 is 15.9 Å². The number of hydrogen-bond donors (Lipinski definition) is 1. The van der Waals surface area contributed by atoms with Crippen LogP contribution in [0.3, 0.4) is 0 Å². The molecule has 1 aromatic heterocycles. The maximum absolute atomic E-state index is 9.08. The summed E-state index contributed by atoms with van der Waals surface area (Å²) >= 11 is 3.45. The van der Waals surface area contributed by atoms with Crippen molar-refractivity contribution in [3.63, 3.8) is 0 Å². The number of aryl methyl sites for hydroxylation is 2. The molecule has 0 aliphatic rings. The molecule has 0 saturated heterocycles. The fourth-order valence-electron chi connectivity index (χ4n) is 1.59. The zero-order valence-electron chi connectivity index (χ0n) is 10.3. The van der Waals surface area contributed by atoms with Crippen LogP contribution in [-0.4, -0.2) is 10.1 Å². The van der Waals surface area contributed by atoms with Crippen molar-refractivity contribution in [1.82, 2.24) is 4.98 Å². The first-order valence-electron chi connectivity index (χ1n) is 5.61. The van der Waals surface area contributed by atoms with Crippen LogP contribution in [0.2, 0.25) is 0 Å². The van der Waals surface area contributed by atoms with Gasteiger partial charge in [0.25, 0.3) is 0 Å². The van der Waals surface area contributed by atoms with Gasteiger partial charge < -0.3 is 9.84 Å². The lowest BCUT2D eigenvalue weighted by molar-refractivity contribution is 0.280. The quantitative estimate of drug-likeness (QED) is 0.939. The van der Waals surface area contributed by atoms with Gasteiger partial charge in [-0.15, -0.1) is 0 Å². The molecule has 2 rings (SSSR count). The summed E-state index contributed by atoms with van der Waals surface area (Å²) in [6, 6.07) is 9.36. The number of halogens is 1. The van der Waals surface area contributed by atoms with E-state index in [4.69, 9.17) is 9.84 Å². The van der Waals surface area contributed by atoms with Gasteiger partial charge in [-0.3, -0.25) is 0 Å². The molecule has 2 aromatic rings. The Kier molecular flexibility index (Phi) is 3.99. The highest BCUT2D eigenvalue weighted by molar-refractivity contribution is 9.10. The van der Waals surface area contributed by atoms with Crippen molar-refractivity contribution in [3.8, 4) is 11.6 Å². The molecule has 3 nitrogen and oxygen atoms in total. The van der Waals surface area contributed by atoms with Gasteiger partial charge in [-0.05, 0) is 49.2 Å². The Hall–Kier alpha value is -1.39. The molecule has 0 amide bonds. The number of nitrogens with zero attached hydrogens (tertiary/aromatic N) is 1. The number of ether oxygens (including phenoxy) is 1. The van der Waals surface area contributed by atoms with Crippen LogP contribution in [0.25, 0.3) is 0 Å². The molecule has 0 bridgehead atoms. The van der Waals surface area contributed by atoms with Crippen molar-refractivity contribution in [2.75, 3.05) is 0 Å². The summed E-state index contributed by atoms with van der Waals surface area (Å²) in [6.45, 7) is 3.85. The highest BCUT2D eigenvalue weighted by atomic mass is 79.9. The zero-order valence-corrected chi connectivity index (χ0v) is 11.9. The van der Waals surface area contributed by atoms with Gasteiger partial charge >= 0.3 is 0 Å². The lowest BCUT2D eigenvalue weighted by atomic mass is 10.2. The normalized spacial score (nSPS) is 10.4. The molecule has 0 aliphatic carbocycles. The van der Waals surface area contributed by atoms with Gasteiger partial charge in [0.15, 0.2) is 0 Å². The van der Waals surface area contributed by atoms with E-state index < -0.39 is 0 Å². The second-order valence-electron chi connectivity index (χ2n) is 4.07. The summed E-state index contributed by atoms with van der Waals surface area (Å²) < 4.78 is 6.73. The molecule has 18 heavy (non-hydrogen) atoms. The van der Waals surface area contributed by atoms with Gasteiger partial charge in [-0.1, -0.05) is 15.9 Å². The first kappa shape index (κ1) is 13.1. The molecule has 1 N–H and O–H groups in total. The molecule has 0 fully saturated rings. The number of rotatable bonds is 3. The fraction of sp³-hybridized carbons (Fsp3) is 0.214. The number of benzene rings is 1. The Morgan fingerprint density at radius 1 is 1.22 bits per heavy atom. The van der Waals surface area contributed by atoms with E-state index in [-0.39, 0.29) is 6.61 Å². The number of aliphatic hydroxyl groups excluding tert-OH is 1. The molecule has 0 spiro atoms. The lowest BCUT2D eigenvalue weighted by Crippen LogP contribution is -1.95. The van der Waals surface area contributed by atoms with Gasteiger partial charge in [0, 0.05) is 16.2 Å². The van der Waals surface area contributed by atoms with Crippen LogP contribution in [0.1, 0.15) is 16.8 Å². The van der Waals surface area contributed by atoms with E-state index in [1.54, 1.807) is 6.07 Å². The Balaban J connectivity index is 2.23. The van der Waals surface area contributed by atoms with Crippen molar-refractivity contribution in [1.29, 1.82) is 0 Å². The summed E-state index contributed by atoms with van der Waals surface area (Å²) in [6.07, 6.45) is 0. The lowest BCUT2D eigenvalue weighted by Gasteiger charge is -2.08. The van der Waals surface area contributed by atoms with E-state index in [0.717, 1.165) is 27.0 Å². The van der Waals surface area contributed by atoms with Crippen LogP contribution >= 0.6 is 15.9 Å². The fourth-order valence-corrected chi connectivity index (χ4v) is 1.84. The Labute approximate surface area is 115 Å². The van der Waals surface area contributed by atoms with E-state index in [1.165, 1.54) is 0 Å². The molecule has 0 saturated carbocycles. The Morgan fingerprint density at radius 3 is 2.61 bits per heavy atom. The number of aromatic nitrogens is 1. The van der Waals surface area contributed by atoms with E-state index in [9.17, 15) is 0 Å². The second-order valence-corrected chi connectivity index (χ2v) is 4.92. The molecule has 1 aromatic carbocycles. The zero-order chi connectivity index (χ0) is 13.1. The summed E-state index contributed by atoms with van der Waals surface area (Å²) in [5.41, 5.74) is 2.70. The molecule has 94 valence electrons. The predicted octanol–water partition coefficient (Wildman–Crippen LogP) is 3.75. The van der Waals surface area contributed by atoms with Gasteiger partial charge in [-0.2, -0.15) is 0 Å². The summed E-state index contributed by atoms with van der Waals surface area (Å²) in [5, 5.41) is 9.08. The molecule has 0 unspecified atom stereocenters. The summed E-state index contributed by atoms with van der Waals surface area (Å²) in [4.78, 5) is 4.30. The number of pyridine rings is 1. The van der Waals surface area contributed by atoms with Crippen molar-refractivity contribution in [2.45, 2.75) is 20.5 Å². The monoisotopic (exact) mass is 307 g/mol. The summed E-state index contributed by atoms with van der Waals surface area (Å²) in [7, 11) is 0. The topological polar surface area (TPSA) is 42.4 Å². The van der Waals surface area contributed by atoms with E-state index in [1.807, 2.05) is 38.1 Å². The number of aliphatic hydroxyl groups is 1. The molecule has 4 heteroatoms. The highest BCUT2D eigenvalue weighted by Crippen LogP contribution is 2.25. The van der Waals surface area contributed by atoms with E-state index in [0.29, 0.717) is 5.88 Å². The molecule has 0 aliphatic heterocycles. The Morgan fingerprint density at radius 2 is 2.00 bits per heavy atom. The van der Waals surface area contributed by atoms with E-state index >= 15 is 0 Å². The van der Waals surface area contributed by atoms with Crippen LogP contribution in [0.4, 0.5) is 0 Å². The van der Waals surface area contributed by atoms with Crippen LogP contribution in [-0.2, 0) is 6.61 Å². The predicted molar refractivity (Wildman–Crippen MR) is 73.8 cm³/mol. The van der Waals surface area contributed by atoms with Crippen LogP contribution in [0.5, 0.6) is 11.6 Å². The van der Waals surface area contributed by atoms with Crippen molar-refractivity contribution in [3.05, 3.63) is 51.6 Å². The van der Waals surface area contributed by atoms with Crippen molar-refractivity contribution < 1.29 is 9.84 Å². The third-order valence-corrected chi connectivity index (χ3v) is 3.58. The highest BCUT2D eigenvalue weighted by Gasteiger charge is 2.04. The van der Waals surface area contributed by atoms with Gasteiger partial charge in [0.1, 0.15) is 5.75 Å². The van der Waals surface area contributed by atoms with E-state index in [2.05, 4.69) is 20.9 Å². The van der Waals surface area contributed by atoms with Gasteiger partial charge in [0.2, 0.25) is 5.88 Å². The average Bonchev–Trinajstić information content (AvgIpc) is 2.34. The standard InChI is InChI=1S/C14H14BrNO2/c1-9-7-12(4-5-13(9)15)18-14-6-3-11(8-17)10(2)16-14/h3-7,17H,8H2,1-2H3. The second kappa shape index (κ2) is 5.50. The molecule has 1 heterocycles. The number of hydrogen-bond acceptors (Lipinski definition) is 3. The Bertz CT molecular complexity index is 570. The third kappa shape index (κ3) is 2.89. The average molecular weight is 308 g/mol. The maximum atomic E-state index is 9.08. The van der Waals surface area contributed by atoms with Crippen LogP contribution < -0.4 is 4.74 Å². The smallest absolute Gasteiger partial charge is 0.219 e. The minimum absolute atomic E-state index is 0.00347. The summed E-state index contributed by atoms with van der Waals surface area (Å²) in [5.74, 6) is 1.28. The van der Waals surface area contributed by atoms with Gasteiger partial charge in [-0.25, -0.2) is 4.98 Å². The maximum Gasteiger partial charge on any atom is 0.219 e.